The minimum Gasteiger partial charge on any atom is -0.314 e. The van der Waals surface area contributed by atoms with Crippen molar-refractivity contribution in [3.05, 3.63) is 35.9 Å². The van der Waals surface area contributed by atoms with Gasteiger partial charge in [0.25, 0.3) is 0 Å². The highest BCUT2D eigenvalue weighted by Gasteiger charge is 2.39. The van der Waals surface area contributed by atoms with E-state index in [2.05, 4.69) is 40.5 Å². The van der Waals surface area contributed by atoms with Crippen molar-refractivity contribution in [1.29, 1.82) is 0 Å². The zero-order valence-corrected chi connectivity index (χ0v) is 9.73. The van der Waals surface area contributed by atoms with Gasteiger partial charge in [-0.25, -0.2) is 0 Å². The second-order valence-electron chi connectivity index (χ2n) is 5.06. The summed E-state index contributed by atoms with van der Waals surface area (Å²) in [6, 6.07) is 11.0. The molecule has 16 heavy (non-hydrogen) atoms. The summed E-state index contributed by atoms with van der Waals surface area (Å²) in [6.45, 7) is 6.11. The van der Waals surface area contributed by atoms with Crippen LogP contribution >= 0.6 is 0 Å². The Morgan fingerprint density at radius 3 is 2.62 bits per heavy atom. The van der Waals surface area contributed by atoms with E-state index >= 15 is 0 Å². The van der Waals surface area contributed by atoms with Gasteiger partial charge in [0, 0.05) is 32.7 Å². The Balaban J connectivity index is 1.52. The highest BCUT2D eigenvalue weighted by Crippen LogP contribution is 2.47. The molecule has 0 amide bonds. The fraction of sp³-hybridized carbons (Fsp3) is 0.571. The normalized spacial score (nSPS) is 30.2. The molecule has 1 aliphatic carbocycles. The zero-order valence-electron chi connectivity index (χ0n) is 9.73. The lowest BCUT2D eigenvalue weighted by molar-refractivity contribution is 0.231. The average molecular weight is 216 g/mol. The minimum atomic E-state index is 0.844. The summed E-state index contributed by atoms with van der Waals surface area (Å²) in [6.07, 6.45) is 1.40. The molecule has 0 aromatic heterocycles. The molecule has 3 rings (SSSR count). The molecule has 1 N–H and O–H groups in total. The third kappa shape index (κ3) is 2.28. The van der Waals surface area contributed by atoms with Crippen molar-refractivity contribution in [3.8, 4) is 0 Å². The average Bonchev–Trinajstić information content (AvgIpc) is 3.11. The minimum absolute atomic E-state index is 0.844. The Morgan fingerprint density at radius 1 is 1.12 bits per heavy atom. The van der Waals surface area contributed by atoms with Crippen LogP contribution in [0.5, 0.6) is 0 Å². The highest BCUT2D eigenvalue weighted by atomic mass is 15.2. The molecule has 2 fully saturated rings. The van der Waals surface area contributed by atoms with Crippen molar-refractivity contribution < 1.29 is 0 Å². The lowest BCUT2D eigenvalue weighted by atomic mass is 10.1. The first-order chi connectivity index (χ1) is 7.93. The lowest BCUT2D eigenvalue weighted by Crippen LogP contribution is -2.44. The molecule has 1 aliphatic heterocycles. The Kier molecular flexibility index (Phi) is 2.94. The van der Waals surface area contributed by atoms with Crippen molar-refractivity contribution in [2.75, 3.05) is 32.7 Å². The van der Waals surface area contributed by atoms with Crippen LogP contribution in [0.4, 0.5) is 0 Å². The standard InChI is InChI=1S/C14H20N2/c1-2-4-12(5-3-1)14-10-13(14)11-16-8-6-15-7-9-16/h1-5,13-15H,6-11H2/t13-,14-/m1/s1. The molecule has 2 heteroatoms. The summed E-state index contributed by atoms with van der Waals surface area (Å²) in [5.74, 6) is 1.76. The number of hydrogen-bond acceptors (Lipinski definition) is 2. The van der Waals surface area contributed by atoms with E-state index < -0.39 is 0 Å². The molecule has 1 aromatic carbocycles. The molecule has 1 heterocycles. The zero-order chi connectivity index (χ0) is 10.8. The fourth-order valence-electron chi connectivity index (χ4n) is 2.78. The van der Waals surface area contributed by atoms with E-state index in [-0.39, 0.29) is 0 Å². The van der Waals surface area contributed by atoms with Gasteiger partial charge in [0.15, 0.2) is 0 Å². The second-order valence-corrected chi connectivity index (χ2v) is 5.06. The van der Waals surface area contributed by atoms with E-state index in [4.69, 9.17) is 0 Å². The highest BCUT2D eigenvalue weighted by molar-refractivity contribution is 5.25. The Bertz CT molecular complexity index is 330. The van der Waals surface area contributed by atoms with E-state index in [1.165, 1.54) is 39.1 Å². The number of nitrogens with one attached hydrogen (secondary N) is 1. The van der Waals surface area contributed by atoms with Crippen LogP contribution in [0.25, 0.3) is 0 Å². The second kappa shape index (κ2) is 4.56. The summed E-state index contributed by atoms with van der Waals surface area (Å²) in [4.78, 5) is 2.62. The molecule has 0 bridgehead atoms. The molecule has 1 aromatic rings. The van der Waals surface area contributed by atoms with Crippen molar-refractivity contribution in [3.63, 3.8) is 0 Å². The molecule has 0 unspecified atom stereocenters. The van der Waals surface area contributed by atoms with E-state index in [0.717, 1.165) is 11.8 Å². The topological polar surface area (TPSA) is 15.3 Å². The van der Waals surface area contributed by atoms with Gasteiger partial charge in [-0.05, 0) is 23.8 Å². The number of benzene rings is 1. The van der Waals surface area contributed by atoms with Gasteiger partial charge in [-0.2, -0.15) is 0 Å². The first-order valence-corrected chi connectivity index (χ1v) is 6.41. The Morgan fingerprint density at radius 2 is 1.88 bits per heavy atom. The first-order valence-electron chi connectivity index (χ1n) is 6.41. The summed E-state index contributed by atoms with van der Waals surface area (Å²) < 4.78 is 0. The maximum Gasteiger partial charge on any atom is 0.0107 e. The summed E-state index contributed by atoms with van der Waals surface area (Å²) in [5, 5.41) is 3.41. The van der Waals surface area contributed by atoms with E-state index in [1.807, 2.05) is 0 Å². The Labute approximate surface area is 97.6 Å². The van der Waals surface area contributed by atoms with Crippen molar-refractivity contribution in [2.24, 2.45) is 5.92 Å². The predicted molar refractivity (Wildman–Crippen MR) is 66.6 cm³/mol. The van der Waals surface area contributed by atoms with Crippen LogP contribution in [-0.2, 0) is 0 Å². The summed E-state index contributed by atoms with van der Waals surface area (Å²) in [7, 11) is 0. The Hall–Kier alpha value is -0.860. The van der Waals surface area contributed by atoms with Crippen molar-refractivity contribution in [1.82, 2.24) is 10.2 Å². The van der Waals surface area contributed by atoms with Gasteiger partial charge in [0.1, 0.15) is 0 Å². The van der Waals surface area contributed by atoms with Gasteiger partial charge in [0.2, 0.25) is 0 Å². The molecule has 1 saturated heterocycles. The molecule has 86 valence electrons. The van der Waals surface area contributed by atoms with E-state index in [0.29, 0.717) is 0 Å². The molecule has 0 radical (unpaired) electrons. The van der Waals surface area contributed by atoms with Crippen LogP contribution < -0.4 is 5.32 Å². The predicted octanol–water partition coefficient (Wildman–Crippen LogP) is 1.70. The smallest absolute Gasteiger partial charge is 0.0107 e. The number of piperazine rings is 1. The lowest BCUT2D eigenvalue weighted by Gasteiger charge is -2.27. The maximum absolute atomic E-state index is 3.41. The molecule has 2 nitrogen and oxygen atoms in total. The van der Waals surface area contributed by atoms with Crippen LogP contribution in [0.1, 0.15) is 17.9 Å². The van der Waals surface area contributed by atoms with Gasteiger partial charge in [-0.15, -0.1) is 0 Å². The maximum atomic E-state index is 3.41. The number of rotatable bonds is 3. The third-order valence-electron chi connectivity index (χ3n) is 3.85. The summed E-state index contributed by atoms with van der Waals surface area (Å²) in [5.41, 5.74) is 1.54. The van der Waals surface area contributed by atoms with Gasteiger partial charge < -0.3 is 10.2 Å². The van der Waals surface area contributed by atoms with Gasteiger partial charge >= 0.3 is 0 Å². The molecular formula is C14H20N2. The van der Waals surface area contributed by atoms with Crippen LogP contribution in [0, 0.1) is 5.92 Å². The molecular weight excluding hydrogens is 196 g/mol. The molecule has 2 aliphatic rings. The SMILES string of the molecule is c1ccc([C@H]2C[C@@H]2CN2CCNCC2)cc1. The fourth-order valence-corrected chi connectivity index (χ4v) is 2.78. The number of hydrogen-bond donors (Lipinski definition) is 1. The van der Waals surface area contributed by atoms with Gasteiger partial charge in [0.05, 0.1) is 0 Å². The van der Waals surface area contributed by atoms with Crippen molar-refractivity contribution >= 4 is 0 Å². The largest absolute Gasteiger partial charge is 0.314 e. The molecule has 0 spiro atoms. The van der Waals surface area contributed by atoms with E-state index in [1.54, 1.807) is 5.56 Å². The van der Waals surface area contributed by atoms with Crippen molar-refractivity contribution in [2.45, 2.75) is 12.3 Å². The molecule has 2 atom stereocenters. The quantitative estimate of drug-likeness (QED) is 0.827. The third-order valence-corrected chi connectivity index (χ3v) is 3.85. The summed E-state index contributed by atoms with van der Waals surface area (Å²) >= 11 is 0. The first kappa shape index (κ1) is 10.3. The van der Waals surface area contributed by atoms with E-state index in [9.17, 15) is 0 Å². The monoisotopic (exact) mass is 216 g/mol. The molecule has 1 saturated carbocycles. The van der Waals surface area contributed by atoms with Gasteiger partial charge in [-0.3, -0.25) is 0 Å². The van der Waals surface area contributed by atoms with Crippen LogP contribution in [0.3, 0.4) is 0 Å². The van der Waals surface area contributed by atoms with Crippen LogP contribution in [-0.4, -0.2) is 37.6 Å². The van der Waals surface area contributed by atoms with Crippen LogP contribution in [0.2, 0.25) is 0 Å². The van der Waals surface area contributed by atoms with Gasteiger partial charge in [-0.1, -0.05) is 30.3 Å². The number of nitrogens with zero attached hydrogens (tertiary/aromatic N) is 1. The van der Waals surface area contributed by atoms with Crippen LogP contribution in [0.15, 0.2) is 30.3 Å².